The molecule has 0 bridgehead atoms. The number of hydrogen-bond donors (Lipinski definition) is 2. The zero-order valence-corrected chi connectivity index (χ0v) is 13.7. The molecule has 0 amide bonds. The first-order valence-electron chi connectivity index (χ1n) is 8.58. The van der Waals surface area contributed by atoms with Gasteiger partial charge in [0.15, 0.2) is 0 Å². The van der Waals surface area contributed by atoms with Gasteiger partial charge in [0.2, 0.25) is 5.92 Å². The summed E-state index contributed by atoms with van der Waals surface area (Å²) in [7, 11) is 0. The van der Waals surface area contributed by atoms with Gasteiger partial charge in [0.25, 0.3) is 0 Å². The van der Waals surface area contributed by atoms with E-state index in [-0.39, 0.29) is 36.9 Å². The summed E-state index contributed by atoms with van der Waals surface area (Å²) in [5, 5.41) is 20.7. The molecule has 6 nitrogen and oxygen atoms in total. The van der Waals surface area contributed by atoms with Crippen molar-refractivity contribution in [2.24, 2.45) is 11.8 Å². The van der Waals surface area contributed by atoms with E-state index in [1.807, 2.05) is 6.92 Å². The Morgan fingerprint density at radius 1 is 1.38 bits per heavy atom. The van der Waals surface area contributed by atoms with Crippen LogP contribution in [0.25, 0.3) is 0 Å². The minimum atomic E-state index is -2.53. The maximum Gasteiger partial charge on any atom is 0.306 e. The van der Waals surface area contributed by atoms with Gasteiger partial charge in [-0.3, -0.25) is 4.79 Å². The summed E-state index contributed by atoms with van der Waals surface area (Å²) in [5.74, 6) is -3.54. The highest BCUT2D eigenvalue weighted by Gasteiger charge is 2.42. The van der Waals surface area contributed by atoms with E-state index >= 15 is 0 Å². The molecule has 2 aliphatic rings. The Morgan fingerprint density at radius 3 is 2.67 bits per heavy atom. The third-order valence-corrected chi connectivity index (χ3v) is 5.60. The van der Waals surface area contributed by atoms with Gasteiger partial charge in [-0.05, 0) is 38.5 Å². The van der Waals surface area contributed by atoms with E-state index < -0.39 is 17.8 Å². The van der Waals surface area contributed by atoms with Gasteiger partial charge in [-0.25, -0.2) is 13.5 Å². The highest BCUT2D eigenvalue weighted by molar-refractivity contribution is 5.70. The first kappa shape index (κ1) is 17.3. The van der Waals surface area contributed by atoms with Crippen LogP contribution in [0.15, 0.2) is 12.4 Å². The van der Waals surface area contributed by atoms with Gasteiger partial charge in [-0.1, -0.05) is 5.21 Å². The van der Waals surface area contributed by atoms with E-state index in [9.17, 15) is 18.7 Å². The molecule has 2 fully saturated rings. The normalized spacial score (nSPS) is 31.9. The van der Waals surface area contributed by atoms with Crippen molar-refractivity contribution in [1.82, 2.24) is 20.3 Å². The standard InChI is InChI=1S/C16H24F2N4O2/c1-10(11-2-4-16(17,18)5-3-11)20-13-8-12(15(23)24)9-14(13)22-7-6-19-21-22/h6-7,10-14,20H,2-5,8-9H2,1H3,(H,23,24)/t10?,12?,13-,14+/m1/s1. The molecule has 2 unspecified atom stereocenters. The summed E-state index contributed by atoms with van der Waals surface area (Å²) in [5.41, 5.74) is 0. The predicted octanol–water partition coefficient (Wildman–Crippen LogP) is 2.49. The van der Waals surface area contributed by atoms with Crippen LogP contribution < -0.4 is 5.32 Å². The Labute approximate surface area is 139 Å². The smallest absolute Gasteiger partial charge is 0.306 e. The molecule has 134 valence electrons. The number of rotatable bonds is 5. The first-order chi connectivity index (χ1) is 11.4. The highest BCUT2D eigenvalue weighted by Crippen LogP contribution is 2.39. The summed E-state index contributed by atoms with van der Waals surface area (Å²) < 4.78 is 28.4. The lowest BCUT2D eigenvalue weighted by Crippen LogP contribution is -2.45. The molecule has 8 heteroatoms. The fraction of sp³-hybridized carbons (Fsp3) is 0.812. The Bertz CT molecular complexity index is 556. The Hall–Kier alpha value is -1.57. The molecule has 1 aromatic heterocycles. The van der Waals surface area contributed by atoms with Crippen LogP contribution in [0, 0.1) is 11.8 Å². The zero-order chi connectivity index (χ0) is 17.3. The van der Waals surface area contributed by atoms with E-state index in [0.717, 1.165) is 0 Å². The molecule has 2 aliphatic carbocycles. The Morgan fingerprint density at radius 2 is 2.08 bits per heavy atom. The number of hydrogen-bond acceptors (Lipinski definition) is 4. The number of halogens is 2. The number of aromatic nitrogens is 3. The van der Waals surface area contributed by atoms with Crippen molar-refractivity contribution in [3.05, 3.63) is 12.4 Å². The molecule has 2 saturated carbocycles. The molecule has 0 radical (unpaired) electrons. The summed E-state index contributed by atoms with van der Waals surface area (Å²) in [6.07, 6.45) is 5.25. The monoisotopic (exact) mass is 342 g/mol. The molecular formula is C16H24F2N4O2. The topological polar surface area (TPSA) is 80.0 Å². The van der Waals surface area contributed by atoms with Gasteiger partial charge in [0, 0.05) is 31.1 Å². The maximum atomic E-state index is 13.3. The van der Waals surface area contributed by atoms with Gasteiger partial charge in [0.05, 0.1) is 18.2 Å². The molecular weight excluding hydrogens is 318 g/mol. The fourth-order valence-corrected chi connectivity index (χ4v) is 4.12. The number of carboxylic acids is 1. The third-order valence-electron chi connectivity index (χ3n) is 5.60. The zero-order valence-electron chi connectivity index (χ0n) is 13.7. The first-order valence-corrected chi connectivity index (χ1v) is 8.58. The quantitative estimate of drug-likeness (QED) is 0.859. The SMILES string of the molecule is CC(N[C@@H]1CC(C(=O)O)C[C@@H]1n1ccnn1)C1CCC(F)(F)CC1. The van der Waals surface area contributed by atoms with Crippen LogP contribution in [0.1, 0.15) is 51.5 Å². The number of aliphatic carboxylic acids is 1. The molecule has 0 saturated heterocycles. The number of carboxylic acid groups (broad SMARTS) is 1. The van der Waals surface area contributed by atoms with E-state index in [1.54, 1.807) is 17.1 Å². The van der Waals surface area contributed by atoms with Crippen LogP contribution in [0.4, 0.5) is 8.78 Å². The minimum Gasteiger partial charge on any atom is -0.481 e. The van der Waals surface area contributed by atoms with Crippen molar-refractivity contribution < 1.29 is 18.7 Å². The Balaban J connectivity index is 1.64. The van der Waals surface area contributed by atoms with Crippen LogP contribution in [-0.4, -0.2) is 44.1 Å². The van der Waals surface area contributed by atoms with Crippen molar-refractivity contribution in [3.63, 3.8) is 0 Å². The lowest BCUT2D eigenvalue weighted by atomic mass is 9.82. The molecule has 2 N–H and O–H groups in total. The molecule has 3 rings (SSSR count). The maximum absolute atomic E-state index is 13.3. The second-order valence-electron chi connectivity index (χ2n) is 7.21. The predicted molar refractivity (Wildman–Crippen MR) is 82.7 cm³/mol. The second kappa shape index (κ2) is 6.74. The van der Waals surface area contributed by atoms with Gasteiger partial charge in [-0.15, -0.1) is 5.10 Å². The van der Waals surface area contributed by atoms with Gasteiger partial charge in [0.1, 0.15) is 0 Å². The van der Waals surface area contributed by atoms with Crippen molar-refractivity contribution in [2.45, 2.75) is 69.5 Å². The average molecular weight is 342 g/mol. The van der Waals surface area contributed by atoms with Gasteiger partial charge >= 0.3 is 5.97 Å². The minimum absolute atomic E-state index is 0.0368. The van der Waals surface area contributed by atoms with Crippen LogP contribution in [0.3, 0.4) is 0 Å². The molecule has 4 atom stereocenters. The Kier molecular flexibility index (Phi) is 4.85. The third kappa shape index (κ3) is 3.74. The number of nitrogens with zero attached hydrogens (tertiary/aromatic N) is 3. The van der Waals surface area contributed by atoms with Crippen LogP contribution >= 0.6 is 0 Å². The molecule has 0 aliphatic heterocycles. The van der Waals surface area contributed by atoms with E-state index in [4.69, 9.17) is 0 Å². The van der Waals surface area contributed by atoms with E-state index in [2.05, 4.69) is 15.6 Å². The number of carbonyl (C=O) groups is 1. The fourth-order valence-electron chi connectivity index (χ4n) is 4.12. The summed E-state index contributed by atoms with van der Waals surface area (Å²) in [6, 6.07) is -0.0315. The van der Waals surface area contributed by atoms with Crippen LogP contribution in [-0.2, 0) is 4.79 Å². The summed E-state index contributed by atoms with van der Waals surface area (Å²) in [4.78, 5) is 11.4. The van der Waals surface area contributed by atoms with Crippen molar-refractivity contribution in [3.8, 4) is 0 Å². The average Bonchev–Trinajstić information content (AvgIpc) is 3.15. The molecule has 1 heterocycles. The van der Waals surface area contributed by atoms with E-state index in [1.165, 1.54) is 0 Å². The molecule has 1 aromatic rings. The van der Waals surface area contributed by atoms with Crippen molar-refractivity contribution >= 4 is 5.97 Å². The number of nitrogens with one attached hydrogen (secondary N) is 1. The van der Waals surface area contributed by atoms with Crippen LogP contribution in [0.5, 0.6) is 0 Å². The highest BCUT2D eigenvalue weighted by atomic mass is 19.3. The van der Waals surface area contributed by atoms with Gasteiger partial charge < -0.3 is 10.4 Å². The van der Waals surface area contributed by atoms with E-state index in [0.29, 0.717) is 25.7 Å². The summed E-state index contributed by atoms with van der Waals surface area (Å²) >= 11 is 0. The second-order valence-corrected chi connectivity index (χ2v) is 7.21. The lowest BCUT2D eigenvalue weighted by Gasteiger charge is -2.35. The molecule has 24 heavy (non-hydrogen) atoms. The molecule has 0 aromatic carbocycles. The van der Waals surface area contributed by atoms with Crippen molar-refractivity contribution in [2.75, 3.05) is 0 Å². The number of alkyl halides is 2. The van der Waals surface area contributed by atoms with Crippen molar-refractivity contribution in [1.29, 1.82) is 0 Å². The molecule has 0 spiro atoms. The van der Waals surface area contributed by atoms with Crippen LogP contribution in [0.2, 0.25) is 0 Å². The summed E-state index contributed by atoms with van der Waals surface area (Å²) in [6.45, 7) is 2.01. The van der Waals surface area contributed by atoms with Gasteiger partial charge in [-0.2, -0.15) is 0 Å². The largest absolute Gasteiger partial charge is 0.481 e. The lowest BCUT2D eigenvalue weighted by molar-refractivity contribution is -0.141.